The number of aryl methyl sites for hydroxylation is 2. The number of ether oxygens (including phenoxy) is 2. The topological polar surface area (TPSA) is 203 Å². The van der Waals surface area contributed by atoms with Crippen molar-refractivity contribution in [2.45, 2.75) is 44.6 Å². The Morgan fingerprint density at radius 1 is 1.11 bits per heavy atom. The lowest BCUT2D eigenvalue weighted by molar-refractivity contribution is -0.294. The number of aliphatic hydroxyl groups is 3. The van der Waals surface area contributed by atoms with Crippen molar-refractivity contribution >= 4 is 57.3 Å². The Balaban J connectivity index is 1.12. The number of aliphatic carboxylic acids is 1. The number of thiazole rings is 1. The van der Waals surface area contributed by atoms with E-state index in [-0.39, 0.29) is 12.5 Å². The van der Waals surface area contributed by atoms with Crippen LogP contribution in [-0.2, 0) is 14.3 Å². The molecule has 2 aliphatic heterocycles. The number of carboxylic acids is 1. The van der Waals surface area contributed by atoms with Gasteiger partial charge in [0, 0.05) is 38.8 Å². The lowest BCUT2D eigenvalue weighted by Crippen LogP contribution is -2.60. The third-order valence-electron chi connectivity index (χ3n) is 7.45. The summed E-state index contributed by atoms with van der Waals surface area (Å²) in [6.45, 7) is 6.92. The number of piperazine rings is 1. The standard InChI is InChI=1S/C28H34ClN7O8S/c1-14-4-3-5-16(29)20(14)34-25(40)17-13-30-28(45-17)33-18-12-19(32-15(2)31-18)36-8-6-35(7-9-36)10-11-43-27-23(39)21(37)22(38)24(44-27)26(41)42/h3-5,12-13,21-24,27,37-39H,6-11H2,1-2H3,(H,34,40)(H,41,42)(H,30,31,32,33)/t21-,22-,23+,24-,27+/m0/s1. The van der Waals surface area contributed by atoms with Crippen molar-refractivity contribution in [3.8, 4) is 0 Å². The number of rotatable bonds is 10. The zero-order valence-corrected chi connectivity index (χ0v) is 26.0. The quantitative estimate of drug-likeness (QED) is 0.181. The second-order valence-electron chi connectivity index (χ2n) is 10.6. The van der Waals surface area contributed by atoms with Gasteiger partial charge in [-0.25, -0.2) is 19.7 Å². The van der Waals surface area contributed by atoms with Crippen LogP contribution in [0.3, 0.4) is 0 Å². The number of halogens is 1. The van der Waals surface area contributed by atoms with Crippen molar-refractivity contribution in [3.63, 3.8) is 0 Å². The van der Waals surface area contributed by atoms with Crippen LogP contribution in [0.4, 0.5) is 22.5 Å². The second-order valence-corrected chi connectivity index (χ2v) is 12.1. The Kier molecular flexibility index (Phi) is 10.5. The molecular formula is C28H34ClN7O8S. The van der Waals surface area contributed by atoms with E-state index in [4.69, 9.17) is 21.1 Å². The van der Waals surface area contributed by atoms with E-state index in [1.54, 1.807) is 13.0 Å². The molecule has 17 heteroatoms. The minimum atomic E-state index is -1.76. The van der Waals surface area contributed by atoms with Crippen molar-refractivity contribution in [1.82, 2.24) is 19.9 Å². The third kappa shape index (κ3) is 7.85. The summed E-state index contributed by atoms with van der Waals surface area (Å²) >= 11 is 7.43. The molecule has 0 spiro atoms. The van der Waals surface area contributed by atoms with Gasteiger partial charge in [0.25, 0.3) is 5.91 Å². The van der Waals surface area contributed by atoms with Crippen LogP contribution >= 0.6 is 22.9 Å². The zero-order chi connectivity index (χ0) is 32.2. The second kappa shape index (κ2) is 14.3. The van der Waals surface area contributed by atoms with Crippen LogP contribution in [0, 0.1) is 13.8 Å². The van der Waals surface area contributed by atoms with Gasteiger partial charge >= 0.3 is 5.97 Å². The SMILES string of the molecule is Cc1nc(Nc2ncc(C(=O)Nc3c(C)cccc3Cl)s2)cc(N2CCN(CCO[C@@H]3O[C@H](C(=O)O)[C@@H](O)[C@H](O)[C@H]3O)CC2)n1. The van der Waals surface area contributed by atoms with E-state index in [0.29, 0.717) is 65.1 Å². The first kappa shape index (κ1) is 32.9. The summed E-state index contributed by atoms with van der Waals surface area (Å²) in [7, 11) is 0. The van der Waals surface area contributed by atoms with E-state index in [9.17, 15) is 30.0 Å². The van der Waals surface area contributed by atoms with Gasteiger partial charge in [0.1, 0.15) is 40.6 Å². The summed E-state index contributed by atoms with van der Waals surface area (Å²) in [5.74, 6) is 0.0561. The number of carbonyl (C=O) groups is 2. The molecule has 0 bridgehead atoms. The van der Waals surface area contributed by atoms with Crippen LogP contribution in [0.15, 0.2) is 30.5 Å². The van der Waals surface area contributed by atoms with E-state index in [1.165, 1.54) is 17.5 Å². The molecule has 242 valence electrons. The number of para-hydroxylation sites is 1. The molecule has 1 aromatic carbocycles. The Hall–Kier alpha value is -3.48. The summed E-state index contributed by atoms with van der Waals surface area (Å²) in [4.78, 5) is 42.1. The molecule has 6 N–H and O–H groups in total. The molecule has 1 amide bonds. The molecule has 5 atom stereocenters. The molecule has 5 rings (SSSR count). The predicted octanol–water partition coefficient (Wildman–Crippen LogP) is 1.23. The van der Waals surface area contributed by atoms with Crippen molar-refractivity contribution in [2.24, 2.45) is 0 Å². The Labute approximate surface area is 267 Å². The first-order chi connectivity index (χ1) is 21.5. The normalized spacial score (nSPS) is 24.0. The highest BCUT2D eigenvalue weighted by Gasteiger charge is 2.47. The minimum Gasteiger partial charge on any atom is -0.479 e. The van der Waals surface area contributed by atoms with Crippen LogP contribution in [0.25, 0.3) is 0 Å². The maximum absolute atomic E-state index is 12.8. The van der Waals surface area contributed by atoms with E-state index < -0.39 is 36.7 Å². The minimum absolute atomic E-state index is 0.114. The molecule has 2 fully saturated rings. The number of carbonyl (C=O) groups excluding carboxylic acids is 1. The first-order valence-corrected chi connectivity index (χ1v) is 15.4. The number of aliphatic hydroxyl groups excluding tert-OH is 3. The molecule has 15 nitrogen and oxygen atoms in total. The fourth-order valence-electron chi connectivity index (χ4n) is 4.98. The number of nitrogens with zero attached hydrogens (tertiary/aromatic N) is 5. The summed E-state index contributed by atoms with van der Waals surface area (Å²) in [6.07, 6.45) is -6.64. The van der Waals surface area contributed by atoms with Crippen LogP contribution in [0.5, 0.6) is 0 Å². The molecule has 0 saturated carbocycles. The number of carboxylic acid groups (broad SMARTS) is 1. The fraction of sp³-hybridized carbons (Fsp3) is 0.464. The number of nitrogens with one attached hydrogen (secondary N) is 2. The molecule has 45 heavy (non-hydrogen) atoms. The Morgan fingerprint density at radius 3 is 2.58 bits per heavy atom. The summed E-state index contributed by atoms with van der Waals surface area (Å²) in [5, 5.41) is 46.0. The van der Waals surface area contributed by atoms with Gasteiger partial charge in [0.15, 0.2) is 17.5 Å². The number of anilines is 4. The van der Waals surface area contributed by atoms with Crippen LogP contribution in [-0.4, -0.2) is 122 Å². The van der Waals surface area contributed by atoms with Gasteiger partial charge in [-0.3, -0.25) is 9.69 Å². The van der Waals surface area contributed by atoms with Crippen molar-refractivity contribution < 1.29 is 39.5 Å². The number of hydrogen-bond donors (Lipinski definition) is 6. The highest BCUT2D eigenvalue weighted by molar-refractivity contribution is 7.17. The molecule has 2 aromatic heterocycles. The summed E-state index contributed by atoms with van der Waals surface area (Å²) in [6, 6.07) is 7.22. The number of amides is 1. The molecule has 0 unspecified atom stereocenters. The van der Waals surface area contributed by atoms with Crippen molar-refractivity contribution in [1.29, 1.82) is 0 Å². The van der Waals surface area contributed by atoms with Crippen LogP contribution in [0.2, 0.25) is 5.02 Å². The summed E-state index contributed by atoms with van der Waals surface area (Å²) < 4.78 is 10.7. The van der Waals surface area contributed by atoms with Gasteiger partial charge in [-0.15, -0.1) is 0 Å². The first-order valence-electron chi connectivity index (χ1n) is 14.2. The number of aromatic nitrogens is 3. The third-order valence-corrected chi connectivity index (χ3v) is 8.67. The maximum Gasteiger partial charge on any atom is 0.335 e. The predicted molar refractivity (Wildman–Crippen MR) is 165 cm³/mol. The van der Waals surface area contributed by atoms with E-state index >= 15 is 0 Å². The van der Waals surface area contributed by atoms with Gasteiger partial charge in [0.05, 0.1) is 23.5 Å². The average molecular weight is 664 g/mol. The highest BCUT2D eigenvalue weighted by atomic mass is 35.5. The maximum atomic E-state index is 12.8. The molecule has 0 aliphatic carbocycles. The Morgan fingerprint density at radius 2 is 1.87 bits per heavy atom. The lowest BCUT2D eigenvalue weighted by Gasteiger charge is -2.39. The highest BCUT2D eigenvalue weighted by Crippen LogP contribution is 2.29. The van der Waals surface area contributed by atoms with Gasteiger partial charge in [0.2, 0.25) is 0 Å². The molecule has 4 heterocycles. The van der Waals surface area contributed by atoms with Gasteiger partial charge in [-0.05, 0) is 25.5 Å². The van der Waals surface area contributed by atoms with Crippen LogP contribution in [0.1, 0.15) is 21.1 Å². The molecule has 2 saturated heterocycles. The zero-order valence-electron chi connectivity index (χ0n) is 24.5. The van der Waals surface area contributed by atoms with Gasteiger partial charge < -0.3 is 45.4 Å². The number of benzene rings is 1. The number of hydrogen-bond acceptors (Lipinski definition) is 14. The monoisotopic (exact) mass is 663 g/mol. The molecular weight excluding hydrogens is 630 g/mol. The molecule has 0 radical (unpaired) electrons. The smallest absolute Gasteiger partial charge is 0.335 e. The van der Waals surface area contributed by atoms with Crippen LogP contribution < -0.4 is 15.5 Å². The van der Waals surface area contributed by atoms with Crippen molar-refractivity contribution in [2.75, 3.05) is 54.9 Å². The average Bonchev–Trinajstić information content (AvgIpc) is 3.47. The lowest BCUT2D eigenvalue weighted by atomic mass is 9.99. The van der Waals surface area contributed by atoms with Crippen molar-refractivity contribution in [3.05, 3.63) is 51.7 Å². The van der Waals surface area contributed by atoms with E-state index in [0.717, 1.165) is 11.4 Å². The Bertz CT molecular complexity index is 1500. The molecule has 3 aromatic rings. The largest absolute Gasteiger partial charge is 0.479 e. The van der Waals surface area contributed by atoms with Gasteiger partial charge in [-0.1, -0.05) is 35.1 Å². The van der Waals surface area contributed by atoms with E-state index in [1.807, 2.05) is 25.1 Å². The van der Waals surface area contributed by atoms with Gasteiger partial charge in [-0.2, -0.15) is 0 Å². The summed E-state index contributed by atoms with van der Waals surface area (Å²) in [5.41, 5.74) is 1.41. The fourth-order valence-corrected chi connectivity index (χ4v) is 5.97. The molecule has 2 aliphatic rings. The van der Waals surface area contributed by atoms with E-state index in [2.05, 4.69) is 35.4 Å².